The van der Waals surface area contributed by atoms with Crippen LogP contribution in [0, 0.1) is 0 Å². The van der Waals surface area contributed by atoms with Gasteiger partial charge in [-0.3, -0.25) is 4.79 Å². The van der Waals surface area contributed by atoms with Crippen molar-refractivity contribution in [2.45, 2.75) is 88.9 Å². The fourth-order valence-electron chi connectivity index (χ4n) is 7.01. The Morgan fingerprint density at radius 3 is 1.94 bits per heavy atom. The van der Waals surface area contributed by atoms with E-state index in [4.69, 9.17) is 14.2 Å². The highest BCUT2D eigenvalue weighted by molar-refractivity contribution is 5.86. The summed E-state index contributed by atoms with van der Waals surface area (Å²) in [6, 6.07) is 20.0. The molecule has 0 aliphatic carbocycles. The van der Waals surface area contributed by atoms with Gasteiger partial charge in [0.2, 0.25) is 11.9 Å². The molecule has 0 N–H and O–H groups in total. The van der Waals surface area contributed by atoms with E-state index >= 15 is 0 Å². The number of hydrogen-bond donors (Lipinski definition) is 0. The molecule has 6 nitrogen and oxygen atoms in total. The van der Waals surface area contributed by atoms with E-state index in [1.807, 2.05) is 60.7 Å². The van der Waals surface area contributed by atoms with Crippen molar-refractivity contribution in [2.24, 2.45) is 0 Å². The molecule has 5 rings (SSSR count). The second-order valence-electron chi connectivity index (χ2n) is 10.6. The first-order valence-corrected chi connectivity index (χ1v) is 13.5. The van der Waals surface area contributed by atoms with Crippen molar-refractivity contribution in [3.05, 3.63) is 71.8 Å². The lowest BCUT2D eigenvalue weighted by molar-refractivity contribution is -0.956. The van der Waals surface area contributed by atoms with Gasteiger partial charge in [-0.25, -0.2) is 4.79 Å². The normalized spacial score (nSPS) is 25.4. The van der Waals surface area contributed by atoms with E-state index < -0.39 is 17.9 Å². The molecule has 3 atom stereocenters. The zero-order valence-electron chi connectivity index (χ0n) is 21.4. The lowest BCUT2D eigenvalue weighted by atomic mass is 9.85. The molecule has 3 aliphatic heterocycles. The number of piperidine rings is 1. The molecule has 3 saturated heterocycles. The van der Waals surface area contributed by atoms with Gasteiger partial charge < -0.3 is 18.7 Å². The van der Waals surface area contributed by atoms with Gasteiger partial charge in [0.1, 0.15) is 6.10 Å². The van der Waals surface area contributed by atoms with Crippen molar-refractivity contribution in [3.8, 4) is 0 Å². The molecule has 2 bridgehead atoms. The van der Waals surface area contributed by atoms with Crippen molar-refractivity contribution in [1.82, 2.24) is 0 Å². The maximum absolute atomic E-state index is 14.3. The smallest absolute Gasteiger partial charge is 0.348 e. The molecule has 0 radical (unpaired) electrons. The molecule has 2 aromatic rings. The summed E-state index contributed by atoms with van der Waals surface area (Å²) in [7, 11) is 0. The quantitative estimate of drug-likeness (QED) is 0.292. The highest BCUT2D eigenvalue weighted by Crippen LogP contribution is 2.47. The Bertz CT molecular complexity index is 994. The van der Waals surface area contributed by atoms with Crippen LogP contribution in [0.1, 0.15) is 69.9 Å². The maximum atomic E-state index is 14.3. The van der Waals surface area contributed by atoms with E-state index in [1.54, 1.807) is 13.8 Å². The Labute approximate surface area is 214 Å². The number of carbonyl (C=O) groups is 2. The lowest BCUT2D eigenvalue weighted by Crippen LogP contribution is -2.60. The molecule has 3 aliphatic rings. The number of benzene rings is 2. The molecule has 6 heteroatoms. The van der Waals surface area contributed by atoms with Crippen molar-refractivity contribution < 1.29 is 28.3 Å². The number of hydrogen-bond acceptors (Lipinski definition) is 5. The van der Waals surface area contributed by atoms with E-state index in [2.05, 4.69) is 0 Å². The Morgan fingerprint density at radius 1 is 0.917 bits per heavy atom. The Morgan fingerprint density at radius 2 is 1.44 bits per heavy atom. The van der Waals surface area contributed by atoms with Crippen LogP contribution in [0.2, 0.25) is 0 Å². The summed E-state index contributed by atoms with van der Waals surface area (Å²) in [6.07, 6.45) is 6.03. The second kappa shape index (κ2) is 10.3. The van der Waals surface area contributed by atoms with Crippen molar-refractivity contribution >= 4 is 11.9 Å². The summed E-state index contributed by atoms with van der Waals surface area (Å²) < 4.78 is 19.5. The zero-order valence-corrected chi connectivity index (χ0v) is 21.4. The summed E-state index contributed by atoms with van der Waals surface area (Å²) >= 11 is 0. The van der Waals surface area contributed by atoms with E-state index in [0.717, 1.165) is 12.8 Å². The standard InChI is InChI=1S/C30H38NO5/c1-3-28(32)34-22(2)36-30(23-12-6-4-7-13-23,24-14-8-5-9-15-24)29(33)35-27-20-25-16-17-26(21-27)31(25)18-10-11-19-31/h4-9,12-15,22,25-27H,3,10-11,16-21H2,1-2H3/q+1. The minimum absolute atomic E-state index is 0.136. The van der Waals surface area contributed by atoms with Gasteiger partial charge in [-0.2, -0.15) is 0 Å². The van der Waals surface area contributed by atoms with Crippen LogP contribution < -0.4 is 0 Å². The van der Waals surface area contributed by atoms with Crippen LogP contribution in [0.15, 0.2) is 60.7 Å². The molecule has 0 aromatic heterocycles. The van der Waals surface area contributed by atoms with E-state index in [1.165, 1.54) is 43.3 Å². The van der Waals surface area contributed by atoms with E-state index in [-0.39, 0.29) is 18.5 Å². The van der Waals surface area contributed by atoms with Crippen LogP contribution in [0.3, 0.4) is 0 Å². The van der Waals surface area contributed by atoms with Crippen molar-refractivity contribution in [2.75, 3.05) is 13.1 Å². The highest BCUT2D eigenvalue weighted by atomic mass is 16.7. The molecule has 192 valence electrons. The van der Waals surface area contributed by atoms with Crippen LogP contribution in [0.5, 0.6) is 0 Å². The molecule has 36 heavy (non-hydrogen) atoms. The van der Waals surface area contributed by atoms with Crippen molar-refractivity contribution in [1.29, 1.82) is 0 Å². The van der Waals surface area contributed by atoms with E-state index in [9.17, 15) is 9.59 Å². The number of carbonyl (C=O) groups excluding carboxylic acids is 2. The SMILES string of the molecule is CCC(=O)OC(C)OC(C(=O)OC1CC2CCC(C1)[N+]21CCCC1)(c1ccccc1)c1ccccc1. The average Bonchev–Trinajstić information content (AvgIpc) is 3.44. The summed E-state index contributed by atoms with van der Waals surface area (Å²) in [5.74, 6) is -0.826. The molecule has 3 heterocycles. The van der Waals surface area contributed by atoms with Crippen LogP contribution in [0.25, 0.3) is 0 Å². The lowest BCUT2D eigenvalue weighted by Gasteiger charge is -2.47. The van der Waals surface area contributed by atoms with Gasteiger partial charge in [-0.15, -0.1) is 0 Å². The molecular weight excluding hydrogens is 454 g/mol. The Balaban J connectivity index is 1.47. The molecule has 0 saturated carbocycles. The summed E-state index contributed by atoms with van der Waals surface area (Å²) in [6.45, 7) is 5.94. The van der Waals surface area contributed by atoms with Gasteiger partial charge >= 0.3 is 11.9 Å². The number of nitrogens with zero attached hydrogens (tertiary/aromatic N) is 1. The fourth-order valence-corrected chi connectivity index (χ4v) is 7.01. The highest BCUT2D eigenvalue weighted by Gasteiger charge is 2.57. The molecular formula is C30H38NO5+. The van der Waals surface area contributed by atoms with Crippen molar-refractivity contribution in [3.63, 3.8) is 0 Å². The van der Waals surface area contributed by atoms with Gasteiger partial charge in [0.05, 0.1) is 25.2 Å². The van der Waals surface area contributed by atoms with Crippen LogP contribution in [0.4, 0.5) is 0 Å². The monoisotopic (exact) mass is 492 g/mol. The predicted octanol–water partition coefficient (Wildman–Crippen LogP) is 5.09. The number of ether oxygens (including phenoxy) is 3. The summed E-state index contributed by atoms with van der Waals surface area (Å²) in [5.41, 5.74) is -0.239. The molecule has 2 aromatic carbocycles. The first kappa shape index (κ1) is 25.0. The summed E-state index contributed by atoms with van der Waals surface area (Å²) in [5, 5.41) is 0. The molecule has 1 spiro atoms. The van der Waals surface area contributed by atoms with Gasteiger partial charge in [-0.05, 0) is 18.1 Å². The van der Waals surface area contributed by atoms with Gasteiger partial charge in [-0.1, -0.05) is 67.6 Å². The number of quaternary nitrogens is 1. The predicted molar refractivity (Wildman–Crippen MR) is 136 cm³/mol. The third-order valence-electron chi connectivity index (χ3n) is 8.61. The van der Waals surface area contributed by atoms with Gasteiger partial charge in [0, 0.05) is 44.9 Å². The van der Waals surface area contributed by atoms with Gasteiger partial charge in [0.25, 0.3) is 0 Å². The van der Waals surface area contributed by atoms with E-state index in [0.29, 0.717) is 23.2 Å². The first-order valence-electron chi connectivity index (χ1n) is 13.5. The minimum atomic E-state index is -1.55. The molecule has 3 fully saturated rings. The Hall–Kier alpha value is -2.70. The topological polar surface area (TPSA) is 61.8 Å². The molecule has 3 unspecified atom stereocenters. The Kier molecular flexibility index (Phi) is 7.18. The third kappa shape index (κ3) is 4.46. The minimum Gasteiger partial charge on any atom is -0.459 e. The van der Waals surface area contributed by atoms with Gasteiger partial charge in [0.15, 0.2) is 0 Å². The first-order chi connectivity index (χ1) is 17.5. The maximum Gasteiger partial charge on any atom is 0.348 e. The zero-order chi connectivity index (χ0) is 25.2. The average molecular weight is 493 g/mol. The largest absolute Gasteiger partial charge is 0.459 e. The second-order valence-corrected chi connectivity index (χ2v) is 10.6. The summed E-state index contributed by atoms with van der Waals surface area (Å²) in [4.78, 5) is 26.3. The van der Waals surface area contributed by atoms with Crippen LogP contribution >= 0.6 is 0 Å². The molecule has 0 amide bonds. The van der Waals surface area contributed by atoms with Crippen LogP contribution in [-0.4, -0.2) is 54.0 Å². The third-order valence-corrected chi connectivity index (χ3v) is 8.61. The number of esters is 2. The van der Waals surface area contributed by atoms with Crippen LogP contribution in [-0.2, 0) is 29.4 Å². The fraction of sp³-hybridized carbons (Fsp3) is 0.533. The number of rotatable bonds is 8.